The zero-order valence-electron chi connectivity index (χ0n) is 14.9. The van der Waals surface area contributed by atoms with Crippen LogP contribution >= 0.6 is 11.3 Å². The number of ether oxygens (including phenoxy) is 2. The molecule has 0 aliphatic carbocycles. The number of carbonyl (C=O) groups excluding carboxylic acids is 1. The Morgan fingerprint density at radius 2 is 2.11 bits per heavy atom. The summed E-state index contributed by atoms with van der Waals surface area (Å²) in [7, 11) is 1.49. The average Bonchev–Trinajstić information content (AvgIpc) is 3.25. The van der Waals surface area contributed by atoms with E-state index >= 15 is 0 Å². The number of pyridine rings is 1. The molecule has 5 nitrogen and oxygen atoms in total. The molecule has 140 valence electrons. The highest BCUT2D eigenvalue weighted by Gasteiger charge is 2.22. The summed E-state index contributed by atoms with van der Waals surface area (Å²) in [5, 5.41) is 9.85. The van der Waals surface area contributed by atoms with Crippen LogP contribution in [-0.4, -0.2) is 17.5 Å². The monoisotopic (exact) mass is 394 g/mol. The molecule has 0 radical (unpaired) electrons. The highest BCUT2D eigenvalue weighted by Crippen LogP contribution is 2.34. The van der Waals surface area contributed by atoms with Gasteiger partial charge in [-0.05, 0) is 24.3 Å². The zero-order chi connectivity index (χ0) is 19.7. The minimum absolute atomic E-state index is 0.0491. The van der Waals surface area contributed by atoms with E-state index in [1.54, 1.807) is 18.3 Å². The van der Waals surface area contributed by atoms with Crippen molar-refractivity contribution in [3.05, 3.63) is 76.2 Å². The van der Waals surface area contributed by atoms with Crippen LogP contribution in [-0.2, 0) is 22.7 Å². The first kappa shape index (κ1) is 18.2. The Morgan fingerprint density at radius 1 is 1.25 bits per heavy atom. The van der Waals surface area contributed by atoms with E-state index in [4.69, 9.17) is 9.47 Å². The first-order valence-electron chi connectivity index (χ1n) is 8.48. The number of nitrogens with zero attached hydrogens (tertiary/aromatic N) is 2. The maximum absolute atomic E-state index is 14.3. The molecule has 1 aromatic carbocycles. The molecule has 4 rings (SSSR count). The summed E-state index contributed by atoms with van der Waals surface area (Å²) < 4.78 is 27.4. The smallest absolute Gasteiger partial charge is 0.349 e. The molecule has 0 saturated carbocycles. The van der Waals surface area contributed by atoms with E-state index in [1.807, 2.05) is 28.8 Å². The second kappa shape index (κ2) is 7.43. The molecule has 0 N–H and O–H groups in total. The van der Waals surface area contributed by atoms with E-state index < -0.39 is 11.8 Å². The number of methoxy groups -OCH3 is 1. The molecule has 0 unspecified atom stereocenters. The molecule has 0 bridgehead atoms. The number of fused-ring (bicyclic) bond motifs is 2. The second-order valence-corrected chi connectivity index (χ2v) is 7.22. The summed E-state index contributed by atoms with van der Waals surface area (Å²) in [6, 6.07) is 12.4. The van der Waals surface area contributed by atoms with Crippen LogP contribution in [0, 0.1) is 17.1 Å². The van der Waals surface area contributed by atoms with Gasteiger partial charge in [-0.2, -0.15) is 5.26 Å². The molecule has 3 heterocycles. The Labute approximate surface area is 164 Å². The van der Waals surface area contributed by atoms with Crippen molar-refractivity contribution in [2.45, 2.75) is 13.2 Å². The van der Waals surface area contributed by atoms with Gasteiger partial charge in [0.05, 0.1) is 17.7 Å². The predicted molar refractivity (Wildman–Crippen MR) is 104 cm³/mol. The molecule has 0 spiro atoms. The Kier molecular flexibility index (Phi) is 4.82. The molecule has 0 atom stereocenters. The van der Waals surface area contributed by atoms with E-state index in [0.29, 0.717) is 31.7 Å². The van der Waals surface area contributed by atoms with Gasteiger partial charge in [0.2, 0.25) is 0 Å². The van der Waals surface area contributed by atoms with Gasteiger partial charge in [0.25, 0.3) is 0 Å². The van der Waals surface area contributed by atoms with Crippen molar-refractivity contribution in [3.63, 3.8) is 0 Å². The third-order valence-corrected chi connectivity index (χ3v) is 5.65. The van der Waals surface area contributed by atoms with Gasteiger partial charge in [0.1, 0.15) is 23.4 Å². The Hall–Kier alpha value is -3.21. The van der Waals surface area contributed by atoms with Gasteiger partial charge in [-0.1, -0.05) is 12.1 Å². The Morgan fingerprint density at radius 3 is 2.89 bits per heavy atom. The molecule has 0 aliphatic rings. The maximum atomic E-state index is 14.3. The molecule has 7 heteroatoms. The van der Waals surface area contributed by atoms with Crippen molar-refractivity contribution in [1.82, 2.24) is 4.40 Å². The van der Waals surface area contributed by atoms with Gasteiger partial charge in [-0.15, -0.1) is 11.3 Å². The van der Waals surface area contributed by atoms with Crippen LogP contribution in [0.5, 0.6) is 0 Å². The second-order valence-electron chi connectivity index (χ2n) is 6.17. The largest absolute Gasteiger partial charge is 0.457 e. The van der Waals surface area contributed by atoms with E-state index in [1.165, 1.54) is 24.5 Å². The third kappa shape index (κ3) is 3.03. The fourth-order valence-corrected chi connectivity index (χ4v) is 4.35. The van der Waals surface area contributed by atoms with E-state index in [2.05, 4.69) is 6.07 Å². The van der Waals surface area contributed by atoms with Crippen LogP contribution in [0.2, 0.25) is 0 Å². The molecule has 3 aromatic heterocycles. The first-order chi connectivity index (χ1) is 13.6. The molecule has 0 fully saturated rings. The van der Waals surface area contributed by atoms with Gasteiger partial charge in [0.15, 0.2) is 0 Å². The lowest BCUT2D eigenvalue weighted by Gasteiger charge is -2.05. The van der Waals surface area contributed by atoms with E-state index in [-0.39, 0.29) is 13.2 Å². The van der Waals surface area contributed by atoms with Crippen molar-refractivity contribution in [3.8, 4) is 6.07 Å². The molecule has 28 heavy (non-hydrogen) atoms. The maximum Gasteiger partial charge on any atom is 0.349 e. The summed E-state index contributed by atoms with van der Waals surface area (Å²) in [6.07, 6.45) is 3.59. The lowest BCUT2D eigenvalue weighted by molar-refractivity contribution is 0.0474. The SMILES string of the molecule is COCc1c(C(=O)OCc2cn3ccccc3c2C#N)sc2cccc(F)c12. The number of esters is 1. The fraction of sp³-hybridized carbons (Fsp3) is 0.143. The van der Waals surface area contributed by atoms with Gasteiger partial charge >= 0.3 is 5.97 Å². The van der Waals surface area contributed by atoms with Crippen molar-refractivity contribution in [1.29, 1.82) is 5.26 Å². The molecule has 0 aliphatic heterocycles. The average molecular weight is 394 g/mol. The van der Waals surface area contributed by atoms with Crippen LogP contribution in [0.15, 0.2) is 48.8 Å². The lowest BCUT2D eigenvalue weighted by atomic mass is 10.1. The van der Waals surface area contributed by atoms with Gasteiger partial charge in [-0.25, -0.2) is 9.18 Å². The van der Waals surface area contributed by atoms with E-state index in [0.717, 1.165) is 5.52 Å². The Bertz CT molecular complexity index is 1240. The van der Waals surface area contributed by atoms with Crippen LogP contribution in [0.1, 0.15) is 26.4 Å². The van der Waals surface area contributed by atoms with Gasteiger partial charge in [0, 0.05) is 40.7 Å². The Balaban J connectivity index is 1.66. The standard InChI is InChI=1S/C21H15FN2O3S/c1-26-12-15-19-16(22)5-4-7-18(19)28-20(15)21(25)27-11-13-10-24-8-3-2-6-17(24)14(13)9-23/h2-8,10H,11-12H2,1H3. The highest BCUT2D eigenvalue weighted by atomic mass is 32.1. The number of hydrogen-bond acceptors (Lipinski definition) is 5. The molecule has 4 aromatic rings. The van der Waals surface area contributed by atoms with Crippen LogP contribution in [0.3, 0.4) is 0 Å². The summed E-state index contributed by atoms with van der Waals surface area (Å²) in [5.74, 6) is -0.961. The predicted octanol–water partition coefficient (Wildman–Crippen LogP) is 4.67. The number of thiophene rings is 1. The van der Waals surface area contributed by atoms with Crippen molar-refractivity contribution in [2.75, 3.05) is 7.11 Å². The number of carbonyl (C=O) groups is 1. The first-order valence-corrected chi connectivity index (χ1v) is 9.30. The molecular weight excluding hydrogens is 379 g/mol. The number of halogens is 1. The normalized spacial score (nSPS) is 11.0. The summed E-state index contributed by atoms with van der Waals surface area (Å²) in [6.45, 7) is 0.0531. The third-order valence-electron chi connectivity index (χ3n) is 4.47. The zero-order valence-corrected chi connectivity index (χ0v) is 15.8. The molecular formula is C21H15FN2O3S. The van der Waals surface area contributed by atoms with Crippen molar-refractivity contribution in [2.24, 2.45) is 0 Å². The molecule has 0 saturated heterocycles. The highest BCUT2D eigenvalue weighted by molar-refractivity contribution is 7.21. The van der Waals surface area contributed by atoms with Crippen molar-refractivity contribution >= 4 is 32.9 Å². The van der Waals surface area contributed by atoms with Gasteiger partial charge < -0.3 is 13.9 Å². The topological polar surface area (TPSA) is 63.7 Å². The summed E-state index contributed by atoms with van der Waals surface area (Å²) in [4.78, 5) is 13.0. The van der Waals surface area contributed by atoms with E-state index in [9.17, 15) is 14.4 Å². The van der Waals surface area contributed by atoms with Crippen LogP contribution in [0.25, 0.3) is 15.6 Å². The number of hydrogen-bond donors (Lipinski definition) is 0. The van der Waals surface area contributed by atoms with Crippen molar-refractivity contribution < 1.29 is 18.7 Å². The fourth-order valence-electron chi connectivity index (χ4n) is 3.24. The van der Waals surface area contributed by atoms with Crippen LogP contribution in [0.4, 0.5) is 4.39 Å². The number of aromatic nitrogens is 1. The summed E-state index contributed by atoms with van der Waals surface area (Å²) >= 11 is 1.17. The quantitative estimate of drug-likeness (QED) is 0.462. The number of rotatable bonds is 5. The molecule has 0 amide bonds. The van der Waals surface area contributed by atoms with Gasteiger partial charge in [-0.3, -0.25) is 0 Å². The number of nitriles is 1. The van der Waals surface area contributed by atoms with Crippen LogP contribution < -0.4 is 0 Å². The number of benzene rings is 1. The minimum Gasteiger partial charge on any atom is -0.457 e. The summed E-state index contributed by atoms with van der Waals surface area (Å²) in [5.41, 5.74) is 2.31. The minimum atomic E-state index is -0.563. The lowest BCUT2D eigenvalue weighted by Crippen LogP contribution is -2.07.